The Morgan fingerprint density at radius 3 is 2.45 bits per heavy atom. The van der Waals surface area contributed by atoms with Crippen LogP contribution in [0.4, 0.5) is 13.2 Å². The van der Waals surface area contributed by atoms with Crippen molar-refractivity contribution in [1.29, 1.82) is 0 Å². The summed E-state index contributed by atoms with van der Waals surface area (Å²) >= 11 is 3.23. The monoisotopic (exact) mass is 355 g/mol. The lowest BCUT2D eigenvalue weighted by Gasteiger charge is -2.16. The average molecular weight is 356 g/mol. The fourth-order valence-electron chi connectivity index (χ4n) is 1.55. The van der Waals surface area contributed by atoms with Gasteiger partial charge in [0.2, 0.25) is 0 Å². The summed E-state index contributed by atoms with van der Waals surface area (Å²) in [6.45, 7) is 4.14. The number of hydrogen-bond acceptors (Lipinski definition) is 3. The van der Waals surface area contributed by atoms with E-state index in [4.69, 9.17) is 9.47 Å². The average Bonchev–Trinajstić information content (AvgIpc) is 2.34. The zero-order chi connectivity index (χ0) is 15.2. The molecule has 1 N–H and O–H groups in total. The molecule has 0 amide bonds. The van der Waals surface area contributed by atoms with Crippen LogP contribution >= 0.6 is 15.9 Å². The lowest BCUT2D eigenvalue weighted by atomic mass is 10.2. The molecule has 1 aromatic rings. The summed E-state index contributed by atoms with van der Waals surface area (Å²) in [4.78, 5) is 0. The number of ether oxygens (including phenoxy) is 2. The Hall–Kier alpha value is -0.950. The molecular weight excluding hydrogens is 339 g/mol. The van der Waals surface area contributed by atoms with Gasteiger partial charge in [0, 0.05) is 6.54 Å². The summed E-state index contributed by atoms with van der Waals surface area (Å²) in [6, 6.07) is 3.40. The molecule has 0 saturated heterocycles. The molecule has 3 nitrogen and oxygen atoms in total. The van der Waals surface area contributed by atoms with Gasteiger partial charge in [0.25, 0.3) is 0 Å². The van der Waals surface area contributed by atoms with Gasteiger partial charge in [0.1, 0.15) is 0 Å². The van der Waals surface area contributed by atoms with E-state index in [1.807, 2.05) is 6.92 Å². The van der Waals surface area contributed by atoms with Crippen molar-refractivity contribution in [2.24, 2.45) is 0 Å². The smallest absolute Gasteiger partial charge is 0.422 e. The minimum absolute atomic E-state index is 0.0735. The molecule has 0 aliphatic rings. The Balaban J connectivity index is 2.96. The van der Waals surface area contributed by atoms with E-state index in [9.17, 15) is 13.2 Å². The molecule has 0 aliphatic carbocycles. The first-order valence-electron chi connectivity index (χ1n) is 6.22. The molecule has 0 fully saturated rings. The van der Waals surface area contributed by atoms with Crippen LogP contribution in [0.2, 0.25) is 0 Å². The number of halogens is 4. The molecule has 0 aliphatic heterocycles. The van der Waals surface area contributed by atoms with Crippen molar-refractivity contribution in [2.45, 2.75) is 26.6 Å². The molecule has 0 radical (unpaired) electrons. The standard InChI is InChI=1S/C13H17BrF3NO2/c1-3-18-7-9-5-10(14)12(11(6-9)19-4-2)20-8-13(15,16)17/h5-6,18H,3-4,7-8H2,1-2H3. The number of benzene rings is 1. The van der Waals surface area contributed by atoms with E-state index in [1.165, 1.54) is 0 Å². The third kappa shape index (κ3) is 5.58. The van der Waals surface area contributed by atoms with E-state index in [-0.39, 0.29) is 5.75 Å². The van der Waals surface area contributed by atoms with Crippen LogP contribution in [0.5, 0.6) is 11.5 Å². The molecule has 0 bridgehead atoms. The van der Waals surface area contributed by atoms with Gasteiger partial charge in [-0.1, -0.05) is 6.92 Å². The highest BCUT2D eigenvalue weighted by Gasteiger charge is 2.29. The Labute approximate surface area is 124 Å². The Bertz CT molecular complexity index is 438. The molecule has 0 aromatic heterocycles. The van der Waals surface area contributed by atoms with Gasteiger partial charge in [-0.3, -0.25) is 0 Å². The lowest BCUT2D eigenvalue weighted by Crippen LogP contribution is -2.20. The Kier molecular flexibility index (Phi) is 6.61. The second kappa shape index (κ2) is 7.73. The van der Waals surface area contributed by atoms with Crippen LogP contribution in [-0.2, 0) is 6.54 Å². The Morgan fingerprint density at radius 1 is 1.20 bits per heavy atom. The quantitative estimate of drug-likeness (QED) is 0.804. The minimum atomic E-state index is -4.38. The molecule has 0 unspecified atom stereocenters. The van der Waals surface area contributed by atoms with Gasteiger partial charge in [-0.15, -0.1) is 0 Å². The Morgan fingerprint density at radius 2 is 1.90 bits per heavy atom. The fraction of sp³-hybridized carbons (Fsp3) is 0.538. The largest absolute Gasteiger partial charge is 0.490 e. The molecule has 0 spiro atoms. The van der Waals surface area contributed by atoms with Crippen molar-refractivity contribution in [3.8, 4) is 11.5 Å². The van der Waals surface area contributed by atoms with Crippen LogP contribution in [0.1, 0.15) is 19.4 Å². The summed E-state index contributed by atoms with van der Waals surface area (Å²) in [5.74, 6) is 0.378. The highest BCUT2D eigenvalue weighted by molar-refractivity contribution is 9.10. The number of nitrogens with one attached hydrogen (secondary N) is 1. The summed E-state index contributed by atoms with van der Waals surface area (Å²) in [5, 5.41) is 3.14. The van der Waals surface area contributed by atoms with Gasteiger partial charge >= 0.3 is 6.18 Å². The van der Waals surface area contributed by atoms with Crippen LogP contribution in [-0.4, -0.2) is 25.9 Å². The molecule has 114 valence electrons. The topological polar surface area (TPSA) is 30.5 Å². The van der Waals surface area contributed by atoms with Crippen LogP contribution in [0.15, 0.2) is 16.6 Å². The van der Waals surface area contributed by atoms with Gasteiger partial charge in [-0.2, -0.15) is 13.2 Å². The minimum Gasteiger partial charge on any atom is -0.490 e. The van der Waals surface area contributed by atoms with Crippen LogP contribution < -0.4 is 14.8 Å². The highest BCUT2D eigenvalue weighted by Crippen LogP contribution is 2.37. The molecule has 1 aromatic carbocycles. The van der Waals surface area contributed by atoms with Gasteiger partial charge in [-0.25, -0.2) is 0 Å². The van der Waals surface area contributed by atoms with Crippen molar-refractivity contribution < 1.29 is 22.6 Å². The predicted octanol–water partition coefficient (Wildman–Crippen LogP) is 3.90. The highest BCUT2D eigenvalue weighted by atomic mass is 79.9. The molecule has 7 heteroatoms. The maximum Gasteiger partial charge on any atom is 0.422 e. The van der Waals surface area contributed by atoms with Gasteiger partial charge in [0.15, 0.2) is 18.1 Å². The number of rotatable bonds is 7. The van der Waals surface area contributed by atoms with Gasteiger partial charge < -0.3 is 14.8 Å². The van der Waals surface area contributed by atoms with Crippen molar-refractivity contribution in [1.82, 2.24) is 5.32 Å². The number of hydrogen-bond donors (Lipinski definition) is 1. The first-order chi connectivity index (χ1) is 9.37. The van der Waals surface area contributed by atoms with Gasteiger partial charge in [0.05, 0.1) is 11.1 Å². The first-order valence-corrected chi connectivity index (χ1v) is 7.02. The van der Waals surface area contributed by atoms with E-state index < -0.39 is 12.8 Å². The maximum atomic E-state index is 12.2. The molecule has 0 heterocycles. The zero-order valence-electron chi connectivity index (χ0n) is 11.3. The normalized spacial score (nSPS) is 11.5. The lowest BCUT2D eigenvalue weighted by molar-refractivity contribution is -0.153. The van der Waals surface area contributed by atoms with Crippen molar-refractivity contribution in [2.75, 3.05) is 19.8 Å². The first kappa shape index (κ1) is 17.1. The summed E-state index contributed by atoms with van der Waals surface area (Å²) in [6.07, 6.45) is -4.38. The molecule has 1 rings (SSSR count). The van der Waals surface area contributed by atoms with Crippen LogP contribution in [0.3, 0.4) is 0 Å². The molecule has 0 atom stereocenters. The third-order valence-corrected chi connectivity index (χ3v) is 2.92. The van der Waals surface area contributed by atoms with E-state index in [1.54, 1.807) is 19.1 Å². The van der Waals surface area contributed by atoms with E-state index >= 15 is 0 Å². The van der Waals surface area contributed by atoms with Crippen molar-refractivity contribution in [3.05, 3.63) is 22.2 Å². The van der Waals surface area contributed by atoms with E-state index in [0.717, 1.165) is 12.1 Å². The van der Waals surface area contributed by atoms with Crippen LogP contribution in [0.25, 0.3) is 0 Å². The van der Waals surface area contributed by atoms with Crippen molar-refractivity contribution >= 4 is 15.9 Å². The van der Waals surface area contributed by atoms with Crippen LogP contribution in [0, 0.1) is 0 Å². The second-order valence-corrected chi connectivity index (χ2v) is 4.88. The fourth-order valence-corrected chi connectivity index (χ4v) is 2.15. The van der Waals surface area contributed by atoms with E-state index in [0.29, 0.717) is 23.4 Å². The maximum absolute atomic E-state index is 12.2. The third-order valence-electron chi connectivity index (χ3n) is 2.33. The SMILES string of the molecule is CCNCc1cc(Br)c(OCC(F)(F)F)c(OCC)c1. The summed E-state index contributed by atoms with van der Waals surface area (Å²) in [7, 11) is 0. The van der Waals surface area contributed by atoms with E-state index in [2.05, 4.69) is 21.2 Å². The molecule has 0 saturated carbocycles. The van der Waals surface area contributed by atoms with Gasteiger partial charge in [-0.05, 0) is 47.1 Å². The summed E-state index contributed by atoms with van der Waals surface area (Å²) < 4.78 is 47.4. The van der Waals surface area contributed by atoms with Crippen molar-refractivity contribution in [3.63, 3.8) is 0 Å². The predicted molar refractivity (Wildman–Crippen MR) is 74.2 cm³/mol. The summed E-state index contributed by atoms with van der Waals surface area (Å²) in [5.41, 5.74) is 0.904. The zero-order valence-corrected chi connectivity index (χ0v) is 12.9. The molecule has 20 heavy (non-hydrogen) atoms. The molecular formula is C13H17BrF3NO2. The number of alkyl halides is 3. The second-order valence-electron chi connectivity index (χ2n) is 4.02.